The molecule has 0 aromatic rings. The van der Waals surface area contributed by atoms with Crippen molar-refractivity contribution in [3.63, 3.8) is 0 Å². The molecule has 0 spiro atoms. The Hall–Kier alpha value is -0.650. The molecule has 1 fully saturated rings. The molecule has 3 amide bonds. The first kappa shape index (κ1) is 16.4. The van der Waals surface area contributed by atoms with Gasteiger partial charge in [0.05, 0.1) is 12.6 Å². The number of urea groups is 1. The predicted molar refractivity (Wildman–Crippen MR) is 55.3 cm³/mol. The minimum Gasteiger partial charge on any atom is -0.724 e. The van der Waals surface area contributed by atoms with Gasteiger partial charge in [-0.3, -0.25) is 4.79 Å². The summed E-state index contributed by atoms with van der Waals surface area (Å²) < 4.78 is 35.6. The Balaban J connectivity index is 0.00000180. The topological polar surface area (TPSA) is 133 Å². The molecular formula is C8H10N3NaO6S. The molecule has 11 heteroatoms. The van der Waals surface area contributed by atoms with E-state index in [-0.39, 0.29) is 36.1 Å². The zero-order valence-corrected chi connectivity index (χ0v) is 13.1. The second kappa shape index (κ2) is 5.38. The molecule has 0 radical (unpaired) electrons. The van der Waals surface area contributed by atoms with Crippen molar-refractivity contribution in [3.8, 4) is 0 Å². The standard InChI is InChI=1S/C8H11N3O6S.Na/c1-4-2-5-3-10(6(4)7(9)12)8(13)11(5)17-18(14,15)16;/h2,5-6H,3H2,1H3,(H2,9,12)(H,14,15,16);/q;+1/p-1/t5-,6+;/m1./s1. The number of hydrogen-bond acceptors (Lipinski definition) is 6. The zero-order valence-electron chi connectivity index (χ0n) is 10.3. The molecule has 1 saturated heterocycles. The maximum Gasteiger partial charge on any atom is 1.00 e. The first-order chi connectivity index (χ1) is 8.20. The van der Waals surface area contributed by atoms with Crippen LogP contribution in [0.5, 0.6) is 0 Å². The Kier molecular flexibility index (Phi) is 4.65. The summed E-state index contributed by atoms with van der Waals surface area (Å²) in [4.78, 5) is 24.1. The van der Waals surface area contributed by atoms with E-state index in [1.54, 1.807) is 6.92 Å². The number of amides is 3. The molecule has 0 aromatic carbocycles. The molecular weight excluding hydrogens is 289 g/mol. The quantitative estimate of drug-likeness (QED) is 0.241. The fraction of sp³-hybridized carbons (Fsp3) is 0.500. The van der Waals surface area contributed by atoms with Crippen LogP contribution in [0.4, 0.5) is 4.79 Å². The first-order valence-corrected chi connectivity index (χ1v) is 6.27. The van der Waals surface area contributed by atoms with Gasteiger partial charge in [-0.25, -0.2) is 13.2 Å². The van der Waals surface area contributed by atoms with Crippen LogP contribution in [0, 0.1) is 0 Å². The van der Waals surface area contributed by atoms with Gasteiger partial charge in [-0.15, -0.1) is 0 Å². The summed E-state index contributed by atoms with van der Waals surface area (Å²) in [5, 5.41) is 0.439. The first-order valence-electron chi connectivity index (χ1n) is 4.93. The van der Waals surface area contributed by atoms with Crippen molar-refractivity contribution in [1.82, 2.24) is 9.96 Å². The summed E-state index contributed by atoms with van der Waals surface area (Å²) in [5.41, 5.74) is 5.67. The molecule has 2 aliphatic rings. The molecule has 0 aliphatic carbocycles. The van der Waals surface area contributed by atoms with Crippen LogP contribution >= 0.6 is 0 Å². The number of carbonyl (C=O) groups is 2. The van der Waals surface area contributed by atoms with Crippen LogP contribution in [0.3, 0.4) is 0 Å². The van der Waals surface area contributed by atoms with Crippen molar-refractivity contribution >= 4 is 22.3 Å². The molecule has 9 nitrogen and oxygen atoms in total. The summed E-state index contributed by atoms with van der Waals surface area (Å²) >= 11 is 0. The second-order valence-corrected chi connectivity index (χ2v) is 4.99. The van der Waals surface area contributed by atoms with Gasteiger partial charge in [-0.1, -0.05) is 6.08 Å². The van der Waals surface area contributed by atoms with Crippen molar-refractivity contribution in [3.05, 3.63) is 11.6 Å². The van der Waals surface area contributed by atoms with E-state index < -0.39 is 34.4 Å². The molecule has 100 valence electrons. The van der Waals surface area contributed by atoms with E-state index in [1.165, 1.54) is 6.08 Å². The van der Waals surface area contributed by atoms with Crippen LogP contribution in [0.15, 0.2) is 11.6 Å². The number of nitrogens with zero attached hydrogens (tertiary/aromatic N) is 2. The van der Waals surface area contributed by atoms with Crippen molar-refractivity contribution < 1.29 is 56.4 Å². The Morgan fingerprint density at radius 3 is 2.63 bits per heavy atom. The van der Waals surface area contributed by atoms with Crippen molar-refractivity contribution in [2.45, 2.75) is 19.0 Å². The molecule has 2 atom stereocenters. The van der Waals surface area contributed by atoms with Gasteiger partial charge in [0.25, 0.3) is 0 Å². The van der Waals surface area contributed by atoms with Crippen LogP contribution in [0.1, 0.15) is 6.92 Å². The van der Waals surface area contributed by atoms with Crippen LogP contribution in [0.25, 0.3) is 0 Å². The predicted octanol–water partition coefficient (Wildman–Crippen LogP) is -4.70. The third-order valence-electron chi connectivity index (χ3n) is 2.76. The average Bonchev–Trinajstić information content (AvgIpc) is 2.41. The van der Waals surface area contributed by atoms with Gasteiger partial charge >= 0.3 is 35.6 Å². The summed E-state index contributed by atoms with van der Waals surface area (Å²) in [6.45, 7) is 1.62. The van der Waals surface area contributed by atoms with E-state index in [9.17, 15) is 22.6 Å². The summed E-state index contributed by atoms with van der Waals surface area (Å²) in [6.07, 6.45) is 1.47. The fourth-order valence-corrected chi connectivity index (χ4v) is 2.53. The Bertz CT molecular complexity index is 547. The molecule has 2 bridgehead atoms. The van der Waals surface area contributed by atoms with Crippen molar-refractivity contribution in [1.29, 1.82) is 0 Å². The third-order valence-corrected chi connectivity index (χ3v) is 3.10. The molecule has 2 heterocycles. The number of carbonyl (C=O) groups excluding carboxylic acids is 2. The summed E-state index contributed by atoms with van der Waals surface area (Å²) in [7, 11) is -5.05. The number of hydrogen-bond donors (Lipinski definition) is 1. The molecule has 0 unspecified atom stereocenters. The maximum atomic E-state index is 11.8. The van der Waals surface area contributed by atoms with Crippen LogP contribution in [0.2, 0.25) is 0 Å². The number of primary amides is 1. The van der Waals surface area contributed by atoms with Gasteiger partial charge in [0.2, 0.25) is 16.3 Å². The van der Waals surface area contributed by atoms with Gasteiger partial charge < -0.3 is 15.2 Å². The Morgan fingerprint density at radius 2 is 2.16 bits per heavy atom. The van der Waals surface area contributed by atoms with Gasteiger partial charge in [-0.05, 0) is 12.5 Å². The monoisotopic (exact) mass is 299 g/mol. The van der Waals surface area contributed by atoms with E-state index in [0.29, 0.717) is 10.6 Å². The number of rotatable bonds is 3. The van der Waals surface area contributed by atoms with Crippen LogP contribution in [-0.2, 0) is 19.5 Å². The van der Waals surface area contributed by atoms with E-state index in [1.807, 2.05) is 0 Å². The molecule has 0 aromatic heterocycles. The smallest absolute Gasteiger partial charge is 0.724 e. The van der Waals surface area contributed by atoms with Crippen LogP contribution < -0.4 is 35.3 Å². The second-order valence-electron chi connectivity index (χ2n) is 4.03. The number of fused-ring (bicyclic) bond motifs is 2. The fourth-order valence-electron chi connectivity index (χ4n) is 2.16. The third kappa shape index (κ3) is 3.09. The molecule has 2 N–H and O–H groups in total. The van der Waals surface area contributed by atoms with E-state index >= 15 is 0 Å². The van der Waals surface area contributed by atoms with E-state index in [4.69, 9.17) is 5.73 Å². The molecule has 19 heavy (non-hydrogen) atoms. The van der Waals surface area contributed by atoms with Crippen molar-refractivity contribution in [2.75, 3.05) is 6.54 Å². The van der Waals surface area contributed by atoms with Gasteiger partial charge in [-0.2, -0.15) is 9.35 Å². The number of nitrogens with two attached hydrogens (primary N) is 1. The van der Waals surface area contributed by atoms with Gasteiger partial charge in [0, 0.05) is 0 Å². The minimum absolute atomic E-state index is 0. The van der Waals surface area contributed by atoms with Crippen LogP contribution in [-0.4, -0.2) is 53.5 Å². The molecule has 0 saturated carbocycles. The SMILES string of the molecule is CC1=C[C@@H]2CN(C(=O)N2OS(=O)(=O)[O-])[C@@H]1C(N)=O.[Na+]. The van der Waals surface area contributed by atoms with Gasteiger partial charge in [0.15, 0.2) is 0 Å². The summed E-state index contributed by atoms with van der Waals surface area (Å²) in [6, 6.07) is -2.55. The largest absolute Gasteiger partial charge is 1.00 e. The minimum atomic E-state index is -5.05. The normalized spacial score (nSPS) is 26.0. The number of hydroxylamine groups is 2. The van der Waals surface area contributed by atoms with Gasteiger partial charge in [0.1, 0.15) is 6.04 Å². The Morgan fingerprint density at radius 1 is 1.58 bits per heavy atom. The van der Waals surface area contributed by atoms with E-state index in [2.05, 4.69) is 4.28 Å². The maximum absolute atomic E-state index is 11.8. The Labute approximate surface area is 131 Å². The van der Waals surface area contributed by atoms with Crippen molar-refractivity contribution in [2.24, 2.45) is 5.73 Å². The average molecular weight is 299 g/mol. The summed E-state index contributed by atoms with van der Waals surface area (Å²) in [5.74, 6) is -0.734. The van der Waals surface area contributed by atoms with E-state index in [0.717, 1.165) is 4.90 Å². The molecule has 2 aliphatic heterocycles. The zero-order chi connectivity index (χ0) is 13.7. The molecule has 2 rings (SSSR count).